The van der Waals surface area contributed by atoms with Gasteiger partial charge in [-0.05, 0) is 45.0 Å². The predicted octanol–water partition coefficient (Wildman–Crippen LogP) is 2.86. The van der Waals surface area contributed by atoms with Crippen LogP contribution < -0.4 is 19.5 Å². The average Bonchev–Trinajstić information content (AvgIpc) is 3.12. The molecule has 8 heteroatoms. The number of amides is 1. The maximum Gasteiger partial charge on any atom is 0.251 e. The van der Waals surface area contributed by atoms with E-state index in [1.807, 2.05) is 49.6 Å². The van der Waals surface area contributed by atoms with Gasteiger partial charge in [0.2, 0.25) is 5.75 Å². The van der Waals surface area contributed by atoms with Crippen molar-refractivity contribution < 1.29 is 19.0 Å². The molecule has 0 bridgehead atoms. The van der Waals surface area contributed by atoms with Crippen LogP contribution in [-0.4, -0.2) is 40.3 Å². The molecule has 2 aromatic heterocycles. The van der Waals surface area contributed by atoms with Crippen LogP contribution in [0.15, 0.2) is 36.5 Å². The number of pyridine rings is 1. The number of nitrogens with one attached hydrogen (secondary N) is 1. The third-order valence-corrected chi connectivity index (χ3v) is 3.96. The second-order valence-electron chi connectivity index (χ2n) is 5.83. The third kappa shape index (κ3) is 4.16. The van der Waals surface area contributed by atoms with Crippen molar-refractivity contribution in [3.8, 4) is 17.2 Å². The summed E-state index contributed by atoms with van der Waals surface area (Å²) >= 11 is 0. The molecule has 3 rings (SSSR count). The Hall–Kier alpha value is -3.29. The lowest BCUT2D eigenvalue weighted by Crippen LogP contribution is -2.24. The molecule has 0 saturated heterocycles. The first kappa shape index (κ1) is 19.5. The largest absolute Gasteiger partial charge is 0.490 e. The molecule has 8 nitrogen and oxygen atoms in total. The smallest absolute Gasteiger partial charge is 0.251 e. The predicted molar refractivity (Wildman–Crippen MR) is 104 cm³/mol. The highest BCUT2D eigenvalue weighted by atomic mass is 16.5. The minimum absolute atomic E-state index is 0.241. The highest BCUT2D eigenvalue weighted by Crippen LogP contribution is 2.39. The number of hydrogen-bond acceptors (Lipinski definition) is 6. The summed E-state index contributed by atoms with van der Waals surface area (Å²) in [6.45, 7) is 7.23. The van der Waals surface area contributed by atoms with Crippen LogP contribution in [0.4, 0.5) is 0 Å². The van der Waals surface area contributed by atoms with Crippen molar-refractivity contribution in [3.05, 3.63) is 47.9 Å². The minimum atomic E-state index is -0.266. The van der Waals surface area contributed by atoms with Gasteiger partial charge in [0, 0.05) is 11.8 Å². The third-order valence-electron chi connectivity index (χ3n) is 3.96. The Balaban J connectivity index is 1.83. The molecular formula is C20H24N4O4. The number of benzene rings is 1. The Bertz CT molecular complexity index is 927. The molecule has 0 aliphatic carbocycles. The zero-order chi connectivity index (χ0) is 19.9. The van der Waals surface area contributed by atoms with Gasteiger partial charge in [0.1, 0.15) is 0 Å². The Labute approximate surface area is 163 Å². The van der Waals surface area contributed by atoms with Gasteiger partial charge in [0.25, 0.3) is 5.91 Å². The Morgan fingerprint density at radius 1 is 1.00 bits per heavy atom. The van der Waals surface area contributed by atoms with Crippen LogP contribution >= 0.6 is 0 Å². The monoisotopic (exact) mass is 384 g/mol. The summed E-state index contributed by atoms with van der Waals surface area (Å²) < 4.78 is 18.8. The van der Waals surface area contributed by atoms with Gasteiger partial charge < -0.3 is 19.5 Å². The van der Waals surface area contributed by atoms with Gasteiger partial charge >= 0.3 is 0 Å². The second-order valence-corrected chi connectivity index (χ2v) is 5.83. The van der Waals surface area contributed by atoms with E-state index in [4.69, 9.17) is 14.2 Å². The lowest BCUT2D eigenvalue weighted by atomic mass is 10.1. The van der Waals surface area contributed by atoms with E-state index in [1.54, 1.807) is 12.1 Å². The molecule has 3 aromatic rings. The van der Waals surface area contributed by atoms with E-state index in [9.17, 15) is 4.79 Å². The quantitative estimate of drug-likeness (QED) is 0.610. The van der Waals surface area contributed by atoms with Gasteiger partial charge in [-0.15, -0.1) is 10.2 Å². The molecule has 148 valence electrons. The second kappa shape index (κ2) is 9.07. The fourth-order valence-electron chi connectivity index (χ4n) is 2.79. The van der Waals surface area contributed by atoms with E-state index in [1.165, 1.54) is 0 Å². The van der Waals surface area contributed by atoms with Crippen LogP contribution in [0.1, 0.15) is 37.0 Å². The van der Waals surface area contributed by atoms with Crippen LogP contribution in [0.5, 0.6) is 17.2 Å². The number of nitrogens with zero attached hydrogens (tertiary/aromatic N) is 3. The first-order valence-corrected chi connectivity index (χ1v) is 9.31. The molecule has 0 atom stereocenters. The van der Waals surface area contributed by atoms with Crippen molar-refractivity contribution in [1.82, 2.24) is 19.9 Å². The van der Waals surface area contributed by atoms with Crippen molar-refractivity contribution in [2.75, 3.05) is 19.8 Å². The van der Waals surface area contributed by atoms with Crippen LogP contribution in [0, 0.1) is 0 Å². The number of carbonyl (C=O) groups is 1. The summed E-state index contributed by atoms with van der Waals surface area (Å²) in [5.74, 6) is 1.84. The maximum absolute atomic E-state index is 12.7. The van der Waals surface area contributed by atoms with Gasteiger partial charge in [-0.25, -0.2) is 0 Å². The van der Waals surface area contributed by atoms with Gasteiger partial charge in [-0.2, -0.15) is 0 Å². The Morgan fingerprint density at radius 2 is 1.68 bits per heavy atom. The topological polar surface area (TPSA) is 87.0 Å². The van der Waals surface area contributed by atoms with Crippen molar-refractivity contribution in [1.29, 1.82) is 0 Å². The van der Waals surface area contributed by atoms with Crippen LogP contribution in [0.2, 0.25) is 0 Å². The lowest BCUT2D eigenvalue weighted by molar-refractivity contribution is 0.0948. The molecule has 1 aromatic carbocycles. The molecule has 0 fully saturated rings. The number of rotatable bonds is 9. The van der Waals surface area contributed by atoms with Crippen LogP contribution in [0.25, 0.3) is 5.65 Å². The molecule has 2 heterocycles. The summed E-state index contributed by atoms with van der Waals surface area (Å²) in [6, 6.07) is 8.95. The molecule has 0 saturated carbocycles. The highest BCUT2D eigenvalue weighted by Gasteiger charge is 2.18. The van der Waals surface area contributed by atoms with Gasteiger partial charge in [0.15, 0.2) is 23.0 Å². The molecule has 28 heavy (non-hydrogen) atoms. The molecule has 0 unspecified atom stereocenters. The molecule has 0 aliphatic heterocycles. The number of aromatic nitrogens is 3. The summed E-state index contributed by atoms with van der Waals surface area (Å²) in [5.41, 5.74) is 1.15. The van der Waals surface area contributed by atoms with E-state index >= 15 is 0 Å². The summed E-state index contributed by atoms with van der Waals surface area (Å²) in [4.78, 5) is 12.7. The fourth-order valence-corrected chi connectivity index (χ4v) is 2.79. The number of hydrogen-bond donors (Lipinski definition) is 1. The number of carbonyl (C=O) groups excluding carboxylic acids is 1. The Morgan fingerprint density at radius 3 is 2.32 bits per heavy atom. The average molecular weight is 384 g/mol. The van der Waals surface area contributed by atoms with Crippen LogP contribution in [-0.2, 0) is 6.54 Å². The van der Waals surface area contributed by atoms with Crippen molar-refractivity contribution >= 4 is 11.6 Å². The Kier molecular flexibility index (Phi) is 6.31. The zero-order valence-corrected chi connectivity index (χ0v) is 16.3. The molecule has 0 spiro atoms. The first-order valence-electron chi connectivity index (χ1n) is 9.31. The van der Waals surface area contributed by atoms with E-state index in [-0.39, 0.29) is 12.5 Å². The summed E-state index contributed by atoms with van der Waals surface area (Å²) in [7, 11) is 0. The first-order chi connectivity index (χ1) is 13.7. The van der Waals surface area contributed by atoms with Gasteiger partial charge in [-0.1, -0.05) is 6.07 Å². The summed E-state index contributed by atoms with van der Waals surface area (Å²) in [5, 5.41) is 11.1. The SMILES string of the molecule is CCOc1cc(C(=O)NCc2nnc3ccccn23)cc(OCC)c1OCC. The maximum atomic E-state index is 12.7. The van der Waals surface area contributed by atoms with Crippen LogP contribution in [0.3, 0.4) is 0 Å². The van der Waals surface area contributed by atoms with Crippen molar-refractivity contribution in [2.24, 2.45) is 0 Å². The molecule has 0 radical (unpaired) electrons. The van der Waals surface area contributed by atoms with E-state index in [2.05, 4.69) is 15.5 Å². The molecule has 1 amide bonds. The number of ether oxygens (including phenoxy) is 3. The normalized spacial score (nSPS) is 10.7. The fraction of sp³-hybridized carbons (Fsp3) is 0.350. The number of fused-ring (bicyclic) bond motifs is 1. The molecular weight excluding hydrogens is 360 g/mol. The van der Waals surface area contributed by atoms with Crippen molar-refractivity contribution in [3.63, 3.8) is 0 Å². The van der Waals surface area contributed by atoms with Gasteiger partial charge in [-0.3, -0.25) is 9.20 Å². The molecule has 0 aliphatic rings. The lowest BCUT2D eigenvalue weighted by Gasteiger charge is -2.17. The standard InChI is InChI=1S/C20H24N4O4/c1-4-26-15-11-14(12-16(27-5-2)19(15)28-6-3)20(25)21-13-18-23-22-17-9-7-8-10-24(17)18/h7-12H,4-6,13H2,1-3H3,(H,21,25). The van der Waals surface area contributed by atoms with E-state index in [0.717, 1.165) is 5.65 Å². The van der Waals surface area contributed by atoms with Gasteiger partial charge in [0.05, 0.1) is 26.4 Å². The highest BCUT2D eigenvalue weighted by molar-refractivity contribution is 5.95. The van der Waals surface area contributed by atoms with E-state index < -0.39 is 0 Å². The summed E-state index contributed by atoms with van der Waals surface area (Å²) in [6.07, 6.45) is 1.86. The zero-order valence-electron chi connectivity index (χ0n) is 16.3. The molecule has 1 N–H and O–H groups in total. The van der Waals surface area contributed by atoms with Crippen molar-refractivity contribution in [2.45, 2.75) is 27.3 Å². The minimum Gasteiger partial charge on any atom is -0.490 e. The van der Waals surface area contributed by atoms with E-state index in [0.29, 0.717) is 48.5 Å².